The molecule has 6 heteroatoms. The van der Waals surface area contributed by atoms with E-state index in [1.54, 1.807) is 0 Å². The van der Waals surface area contributed by atoms with Crippen molar-refractivity contribution in [1.29, 1.82) is 0 Å². The highest BCUT2D eigenvalue weighted by Gasteiger charge is 2.41. The molecule has 2 aliphatic rings. The lowest BCUT2D eigenvalue weighted by Gasteiger charge is -2.39. The number of hydrogen-bond acceptors (Lipinski definition) is 6. The van der Waals surface area contributed by atoms with Gasteiger partial charge in [0.05, 0.1) is 19.8 Å². The van der Waals surface area contributed by atoms with Crippen molar-refractivity contribution in [1.82, 2.24) is 9.36 Å². The van der Waals surface area contributed by atoms with Gasteiger partial charge in [-0.15, -0.1) is 0 Å². The second-order valence-electron chi connectivity index (χ2n) is 5.52. The molecule has 1 aromatic heterocycles. The number of ether oxygens (including phenoxy) is 2. The van der Waals surface area contributed by atoms with Crippen molar-refractivity contribution in [2.45, 2.75) is 12.0 Å². The zero-order chi connectivity index (χ0) is 14.1. The summed E-state index contributed by atoms with van der Waals surface area (Å²) in [5.41, 5.74) is 0.920. The molecule has 0 radical (unpaired) electrons. The molecule has 0 amide bonds. The van der Waals surface area contributed by atoms with Gasteiger partial charge in [-0.25, -0.2) is 0 Å². The Balaban J connectivity index is 1.55. The number of aromatic nitrogens is 2. The smallest absolute Gasteiger partial charge is 0.205 e. The summed E-state index contributed by atoms with van der Waals surface area (Å²) in [5.74, 6) is 0.804. The summed E-state index contributed by atoms with van der Waals surface area (Å²) < 4.78 is 16.0. The lowest BCUT2D eigenvalue weighted by atomic mass is 10.0. The molecule has 2 aliphatic heterocycles. The topological polar surface area (TPSA) is 47.5 Å². The molecule has 21 heavy (non-hydrogen) atoms. The fourth-order valence-electron chi connectivity index (χ4n) is 2.88. The number of rotatable bonds is 2. The van der Waals surface area contributed by atoms with Gasteiger partial charge in [-0.3, -0.25) is 0 Å². The predicted octanol–water partition coefficient (Wildman–Crippen LogP) is 2.20. The van der Waals surface area contributed by atoms with E-state index in [0.717, 1.165) is 49.2 Å². The summed E-state index contributed by atoms with van der Waals surface area (Å²) in [6.45, 7) is 3.91. The second kappa shape index (κ2) is 5.36. The van der Waals surface area contributed by atoms with Crippen molar-refractivity contribution in [3.05, 3.63) is 30.3 Å². The molecule has 3 heterocycles. The summed E-state index contributed by atoms with van der Waals surface area (Å²) in [4.78, 5) is 6.98. The van der Waals surface area contributed by atoms with E-state index in [-0.39, 0.29) is 5.60 Å². The minimum absolute atomic E-state index is 0.142. The summed E-state index contributed by atoms with van der Waals surface area (Å²) in [6.07, 6.45) is 0.966. The molecule has 1 aromatic carbocycles. The van der Waals surface area contributed by atoms with Gasteiger partial charge in [0, 0.05) is 36.7 Å². The largest absolute Gasteiger partial charge is 0.378 e. The van der Waals surface area contributed by atoms with Crippen LogP contribution in [0.2, 0.25) is 0 Å². The van der Waals surface area contributed by atoms with E-state index < -0.39 is 0 Å². The first-order valence-electron chi connectivity index (χ1n) is 7.21. The predicted molar refractivity (Wildman–Crippen MR) is 81.7 cm³/mol. The molecule has 4 rings (SSSR count). The van der Waals surface area contributed by atoms with Crippen LogP contribution in [0.4, 0.5) is 5.13 Å². The van der Waals surface area contributed by atoms with E-state index in [9.17, 15) is 0 Å². The van der Waals surface area contributed by atoms with E-state index in [4.69, 9.17) is 14.5 Å². The van der Waals surface area contributed by atoms with Gasteiger partial charge < -0.3 is 14.4 Å². The molecule has 0 bridgehead atoms. The summed E-state index contributed by atoms with van der Waals surface area (Å²) in [7, 11) is 0. The second-order valence-corrected chi connectivity index (χ2v) is 6.25. The first-order chi connectivity index (χ1) is 10.3. The fraction of sp³-hybridized carbons (Fsp3) is 0.467. The first-order valence-corrected chi connectivity index (χ1v) is 7.98. The lowest BCUT2D eigenvalue weighted by Crippen LogP contribution is -2.52. The molecule has 1 spiro atoms. The van der Waals surface area contributed by atoms with Gasteiger partial charge in [0.15, 0.2) is 5.82 Å². The van der Waals surface area contributed by atoms with E-state index in [2.05, 4.69) is 9.27 Å². The number of hydrogen-bond donors (Lipinski definition) is 0. The Morgan fingerprint density at radius 1 is 1.19 bits per heavy atom. The number of anilines is 1. The molecule has 1 atom stereocenters. The van der Waals surface area contributed by atoms with Crippen molar-refractivity contribution in [3.8, 4) is 11.4 Å². The molecule has 0 saturated carbocycles. The molecule has 5 nitrogen and oxygen atoms in total. The summed E-state index contributed by atoms with van der Waals surface area (Å²) in [6, 6.07) is 10.1. The molecule has 0 aliphatic carbocycles. The SMILES string of the molecule is c1ccc(-c2nsc(N3CCOC4(CCOC4)C3)n2)cc1. The number of nitrogens with zero attached hydrogens (tertiary/aromatic N) is 3. The van der Waals surface area contributed by atoms with E-state index in [1.165, 1.54) is 11.5 Å². The Hall–Kier alpha value is -1.50. The van der Waals surface area contributed by atoms with E-state index in [0.29, 0.717) is 6.61 Å². The van der Waals surface area contributed by atoms with Crippen molar-refractivity contribution >= 4 is 16.7 Å². The number of benzene rings is 1. The monoisotopic (exact) mass is 303 g/mol. The van der Waals surface area contributed by atoms with Crippen LogP contribution in [-0.2, 0) is 9.47 Å². The van der Waals surface area contributed by atoms with Gasteiger partial charge in [0.25, 0.3) is 0 Å². The molecule has 0 N–H and O–H groups in total. The van der Waals surface area contributed by atoms with Crippen LogP contribution in [0.5, 0.6) is 0 Å². The highest BCUT2D eigenvalue weighted by molar-refractivity contribution is 7.09. The van der Waals surface area contributed by atoms with Gasteiger partial charge in [-0.2, -0.15) is 9.36 Å². The third-order valence-corrected chi connectivity index (χ3v) is 4.81. The zero-order valence-corrected chi connectivity index (χ0v) is 12.5. The first kappa shape index (κ1) is 13.2. The van der Waals surface area contributed by atoms with Crippen LogP contribution in [0.3, 0.4) is 0 Å². The fourth-order valence-corrected chi connectivity index (χ4v) is 3.60. The highest BCUT2D eigenvalue weighted by atomic mass is 32.1. The minimum Gasteiger partial charge on any atom is -0.378 e. The van der Waals surface area contributed by atoms with Crippen LogP contribution in [0, 0.1) is 0 Å². The Morgan fingerprint density at radius 2 is 2.10 bits per heavy atom. The van der Waals surface area contributed by atoms with Gasteiger partial charge in [-0.1, -0.05) is 30.3 Å². The molecule has 110 valence electrons. The molecule has 2 fully saturated rings. The Bertz CT molecular complexity index is 610. The van der Waals surface area contributed by atoms with Crippen molar-refractivity contribution in [2.75, 3.05) is 37.8 Å². The van der Waals surface area contributed by atoms with E-state index in [1.807, 2.05) is 30.3 Å². The maximum absolute atomic E-state index is 5.96. The van der Waals surface area contributed by atoms with Gasteiger partial charge in [0.1, 0.15) is 5.60 Å². The standard InChI is InChI=1S/C15H17N3O2S/c1-2-4-12(5-3-1)13-16-14(21-17-13)18-7-9-20-15(10-18)6-8-19-11-15/h1-5H,6-11H2. The summed E-state index contributed by atoms with van der Waals surface area (Å²) in [5, 5.41) is 0.975. The molecule has 1 unspecified atom stereocenters. The molecule has 2 saturated heterocycles. The van der Waals surface area contributed by atoms with Crippen LogP contribution in [-0.4, -0.2) is 47.9 Å². The quantitative estimate of drug-likeness (QED) is 0.851. The number of morpholine rings is 1. The Kier molecular flexibility index (Phi) is 3.37. The van der Waals surface area contributed by atoms with E-state index >= 15 is 0 Å². The third kappa shape index (κ3) is 2.54. The minimum atomic E-state index is -0.142. The van der Waals surface area contributed by atoms with Gasteiger partial charge >= 0.3 is 0 Å². The molecular formula is C15H17N3O2S. The van der Waals surface area contributed by atoms with Crippen molar-refractivity contribution < 1.29 is 9.47 Å². The van der Waals surface area contributed by atoms with Gasteiger partial charge in [-0.05, 0) is 0 Å². The average molecular weight is 303 g/mol. The maximum Gasteiger partial charge on any atom is 0.205 e. The molecular weight excluding hydrogens is 286 g/mol. The van der Waals surface area contributed by atoms with Gasteiger partial charge in [0.2, 0.25) is 5.13 Å². The van der Waals surface area contributed by atoms with Crippen LogP contribution in [0.15, 0.2) is 30.3 Å². The van der Waals surface area contributed by atoms with Crippen molar-refractivity contribution in [3.63, 3.8) is 0 Å². The van der Waals surface area contributed by atoms with Crippen LogP contribution in [0.1, 0.15) is 6.42 Å². The third-order valence-electron chi connectivity index (χ3n) is 4.03. The normalized spacial score (nSPS) is 25.6. The van der Waals surface area contributed by atoms with Crippen LogP contribution < -0.4 is 4.90 Å². The molecule has 2 aromatic rings. The van der Waals surface area contributed by atoms with Crippen molar-refractivity contribution in [2.24, 2.45) is 0 Å². The lowest BCUT2D eigenvalue weighted by molar-refractivity contribution is -0.0579. The highest BCUT2D eigenvalue weighted by Crippen LogP contribution is 2.31. The summed E-state index contributed by atoms with van der Waals surface area (Å²) >= 11 is 1.46. The maximum atomic E-state index is 5.96. The Labute approximate surface area is 127 Å². The zero-order valence-electron chi connectivity index (χ0n) is 11.7. The Morgan fingerprint density at radius 3 is 2.90 bits per heavy atom. The van der Waals surface area contributed by atoms with Crippen LogP contribution >= 0.6 is 11.5 Å². The average Bonchev–Trinajstić information content (AvgIpc) is 3.18. The van der Waals surface area contributed by atoms with Crippen LogP contribution in [0.25, 0.3) is 11.4 Å².